The second kappa shape index (κ2) is 8.35. The van der Waals surface area contributed by atoms with Crippen molar-refractivity contribution < 1.29 is 4.39 Å². The second-order valence-corrected chi connectivity index (χ2v) is 6.26. The minimum absolute atomic E-state index is 0.228. The maximum Gasteiger partial charge on any atom is 0.161 e. The van der Waals surface area contributed by atoms with Crippen molar-refractivity contribution in [1.82, 2.24) is 5.32 Å². The molecule has 2 rings (SSSR count). The molecule has 0 spiro atoms. The third kappa shape index (κ3) is 4.69. The lowest BCUT2D eigenvalue weighted by molar-refractivity contribution is 0.468. The quantitative estimate of drug-likeness (QED) is 0.616. The van der Waals surface area contributed by atoms with Crippen LogP contribution in [-0.2, 0) is 0 Å². The summed E-state index contributed by atoms with van der Waals surface area (Å²) < 4.78 is 14.2. The summed E-state index contributed by atoms with van der Waals surface area (Å²) in [5.41, 5.74) is 0.748. The summed E-state index contributed by atoms with van der Waals surface area (Å²) in [6.45, 7) is 1.49. The lowest BCUT2D eigenvalue weighted by Gasteiger charge is -2.17. The van der Waals surface area contributed by atoms with Gasteiger partial charge in [0.25, 0.3) is 0 Å². The van der Waals surface area contributed by atoms with E-state index in [4.69, 9.17) is 5.26 Å². The predicted molar refractivity (Wildman–Crippen MR) is 86.8 cm³/mol. The van der Waals surface area contributed by atoms with Gasteiger partial charge in [0.1, 0.15) is 6.07 Å². The molecule has 114 valence electrons. The maximum atomic E-state index is 14.0. The van der Waals surface area contributed by atoms with Crippen LogP contribution in [0.4, 0.5) is 10.1 Å². The van der Waals surface area contributed by atoms with E-state index in [1.165, 1.54) is 38.5 Å². The number of halogens is 2. The zero-order valence-electron chi connectivity index (χ0n) is 12.1. The highest BCUT2D eigenvalue weighted by Gasteiger charge is 2.12. The molecule has 0 heterocycles. The van der Waals surface area contributed by atoms with Gasteiger partial charge in [-0.05, 0) is 40.9 Å². The normalized spacial score (nSPS) is 16.2. The van der Waals surface area contributed by atoms with E-state index in [9.17, 15) is 4.39 Å². The van der Waals surface area contributed by atoms with Crippen LogP contribution >= 0.6 is 15.9 Å². The van der Waals surface area contributed by atoms with E-state index in [2.05, 4.69) is 26.6 Å². The molecule has 21 heavy (non-hydrogen) atoms. The molecule has 0 radical (unpaired) electrons. The van der Waals surface area contributed by atoms with E-state index in [0.717, 1.165) is 6.54 Å². The second-order valence-electron chi connectivity index (χ2n) is 5.47. The molecule has 0 aliphatic heterocycles. The minimum Gasteiger partial charge on any atom is -0.381 e. The average Bonchev–Trinajstić information content (AvgIpc) is 2.76. The van der Waals surface area contributed by atoms with Crippen molar-refractivity contribution in [1.29, 1.82) is 5.26 Å². The summed E-state index contributed by atoms with van der Waals surface area (Å²) in [7, 11) is 0. The lowest BCUT2D eigenvalue weighted by Crippen LogP contribution is -2.32. The fourth-order valence-corrected chi connectivity index (χ4v) is 3.16. The van der Waals surface area contributed by atoms with Crippen LogP contribution in [0.15, 0.2) is 16.6 Å². The molecular weight excluding hydrogens is 333 g/mol. The minimum atomic E-state index is -0.400. The van der Waals surface area contributed by atoms with Crippen molar-refractivity contribution in [3.63, 3.8) is 0 Å². The standard InChI is InChI=1S/C16H21BrFN3/c17-15-12(11-19)7-8-14(16(15)18)21-10-9-20-13-5-3-1-2-4-6-13/h7-8,13,20-21H,1-6,9-10H2. The van der Waals surface area contributed by atoms with E-state index in [1.807, 2.05) is 6.07 Å². The Labute approximate surface area is 134 Å². The first-order valence-corrected chi connectivity index (χ1v) is 8.37. The summed E-state index contributed by atoms with van der Waals surface area (Å²) in [4.78, 5) is 0. The van der Waals surface area contributed by atoms with Crippen LogP contribution in [0.25, 0.3) is 0 Å². The topological polar surface area (TPSA) is 47.9 Å². The number of hydrogen-bond donors (Lipinski definition) is 2. The zero-order valence-corrected chi connectivity index (χ0v) is 13.7. The lowest BCUT2D eigenvalue weighted by atomic mass is 10.1. The summed E-state index contributed by atoms with van der Waals surface area (Å²) in [5, 5.41) is 15.5. The number of nitrogens with one attached hydrogen (secondary N) is 2. The summed E-state index contributed by atoms with van der Waals surface area (Å²) in [6.07, 6.45) is 7.81. The van der Waals surface area contributed by atoms with Crippen LogP contribution < -0.4 is 10.6 Å². The van der Waals surface area contributed by atoms with E-state index < -0.39 is 5.82 Å². The molecule has 1 fully saturated rings. The fraction of sp³-hybridized carbons (Fsp3) is 0.562. The molecule has 5 heteroatoms. The molecule has 1 aromatic carbocycles. The van der Waals surface area contributed by atoms with Gasteiger partial charge in [-0.25, -0.2) is 4.39 Å². The van der Waals surface area contributed by atoms with Gasteiger partial charge in [0, 0.05) is 19.1 Å². The molecule has 0 unspecified atom stereocenters. The molecule has 0 aromatic heterocycles. The van der Waals surface area contributed by atoms with Gasteiger partial charge < -0.3 is 10.6 Å². The highest BCUT2D eigenvalue weighted by molar-refractivity contribution is 9.10. The molecule has 0 atom stereocenters. The van der Waals surface area contributed by atoms with E-state index in [1.54, 1.807) is 12.1 Å². The average molecular weight is 354 g/mol. The van der Waals surface area contributed by atoms with Crippen molar-refractivity contribution in [2.45, 2.75) is 44.6 Å². The zero-order chi connectivity index (χ0) is 15.1. The summed E-state index contributed by atoms with van der Waals surface area (Å²) in [5.74, 6) is -0.400. The molecule has 0 amide bonds. The summed E-state index contributed by atoms with van der Waals surface area (Å²) in [6, 6.07) is 5.79. The molecule has 2 N–H and O–H groups in total. The molecule has 1 saturated carbocycles. The molecule has 1 aliphatic rings. The van der Waals surface area contributed by atoms with Crippen molar-refractivity contribution in [3.05, 3.63) is 28.0 Å². The maximum absolute atomic E-state index is 14.0. The number of rotatable bonds is 5. The largest absolute Gasteiger partial charge is 0.381 e. The number of anilines is 1. The van der Waals surface area contributed by atoms with Crippen molar-refractivity contribution in [3.8, 4) is 6.07 Å². The molecule has 3 nitrogen and oxygen atoms in total. The Bertz CT molecular complexity index is 505. The Kier molecular flexibility index (Phi) is 6.47. The van der Waals surface area contributed by atoms with Crippen molar-refractivity contribution in [2.24, 2.45) is 0 Å². The Morgan fingerprint density at radius 3 is 2.57 bits per heavy atom. The van der Waals surface area contributed by atoms with Crippen molar-refractivity contribution in [2.75, 3.05) is 18.4 Å². The molecule has 0 saturated heterocycles. The highest BCUT2D eigenvalue weighted by atomic mass is 79.9. The van der Waals surface area contributed by atoms with Gasteiger partial charge in [-0.1, -0.05) is 25.7 Å². The van der Waals surface area contributed by atoms with E-state index in [-0.39, 0.29) is 4.47 Å². The van der Waals surface area contributed by atoms with Gasteiger partial charge in [0.2, 0.25) is 0 Å². The van der Waals surface area contributed by atoms with Crippen LogP contribution in [0, 0.1) is 17.1 Å². The first-order valence-electron chi connectivity index (χ1n) is 7.57. The smallest absolute Gasteiger partial charge is 0.161 e. The van der Waals surface area contributed by atoms with Crippen LogP contribution in [0.1, 0.15) is 44.1 Å². The van der Waals surface area contributed by atoms with E-state index in [0.29, 0.717) is 23.8 Å². The first-order chi connectivity index (χ1) is 10.2. The number of nitrogens with zero attached hydrogens (tertiary/aromatic N) is 1. The van der Waals surface area contributed by atoms with Crippen LogP contribution in [0.2, 0.25) is 0 Å². The van der Waals surface area contributed by atoms with Crippen LogP contribution in [-0.4, -0.2) is 19.1 Å². The van der Waals surface area contributed by atoms with Crippen LogP contribution in [0.3, 0.4) is 0 Å². The molecular formula is C16H21BrFN3. The molecule has 1 aromatic rings. The first kappa shape index (κ1) is 16.3. The molecule has 1 aliphatic carbocycles. The Balaban J connectivity index is 1.78. The molecule has 0 bridgehead atoms. The van der Waals surface area contributed by atoms with Crippen LogP contribution in [0.5, 0.6) is 0 Å². The Hall–Kier alpha value is -1.12. The van der Waals surface area contributed by atoms with Crippen molar-refractivity contribution >= 4 is 21.6 Å². The number of benzene rings is 1. The van der Waals surface area contributed by atoms with Gasteiger partial charge in [0.15, 0.2) is 5.82 Å². The Morgan fingerprint density at radius 2 is 1.90 bits per heavy atom. The monoisotopic (exact) mass is 353 g/mol. The Morgan fingerprint density at radius 1 is 1.19 bits per heavy atom. The highest BCUT2D eigenvalue weighted by Crippen LogP contribution is 2.26. The van der Waals surface area contributed by atoms with Gasteiger partial charge >= 0.3 is 0 Å². The van der Waals surface area contributed by atoms with Gasteiger partial charge in [-0.2, -0.15) is 5.26 Å². The third-order valence-electron chi connectivity index (χ3n) is 3.93. The summed E-state index contributed by atoms with van der Waals surface area (Å²) >= 11 is 3.12. The van der Waals surface area contributed by atoms with Gasteiger partial charge in [0.05, 0.1) is 15.7 Å². The van der Waals surface area contributed by atoms with E-state index >= 15 is 0 Å². The predicted octanol–water partition coefficient (Wildman–Crippen LogP) is 4.18. The third-order valence-corrected chi connectivity index (χ3v) is 4.71. The number of hydrogen-bond acceptors (Lipinski definition) is 3. The van der Waals surface area contributed by atoms with Gasteiger partial charge in [-0.15, -0.1) is 0 Å². The SMILES string of the molecule is N#Cc1ccc(NCCNC2CCCCCC2)c(F)c1Br. The van der Waals surface area contributed by atoms with Gasteiger partial charge in [-0.3, -0.25) is 0 Å². The fourth-order valence-electron chi connectivity index (χ4n) is 2.73. The number of nitriles is 1.